The lowest BCUT2D eigenvalue weighted by Gasteiger charge is -2.09. The number of hydrogen-bond acceptors (Lipinski definition) is 3. The van der Waals surface area contributed by atoms with Crippen molar-refractivity contribution in [3.63, 3.8) is 0 Å². The van der Waals surface area contributed by atoms with E-state index >= 15 is 0 Å². The van der Waals surface area contributed by atoms with Crippen LogP contribution in [-0.2, 0) is 0 Å². The Balaban J connectivity index is 2.15. The zero-order chi connectivity index (χ0) is 11.2. The van der Waals surface area contributed by atoms with Crippen molar-refractivity contribution in [1.29, 1.82) is 5.26 Å². The number of rotatable bonds is 4. The van der Waals surface area contributed by atoms with Gasteiger partial charge in [-0.05, 0) is 11.5 Å². The largest absolute Gasteiger partial charge is 0.321 e. The Morgan fingerprint density at radius 3 is 2.75 bits per heavy atom. The van der Waals surface area contributed by atoms with Crippen LogP contribution >= 0.6 is 0 Å². The maximum absolute atomic E-state index is 8.42. The minimum atomic E-state index is 0.498. The van der Waals surface area contributed by atoms with Crippen LogP contribution < -0.4 is 10.9 Å². The summed E-state index contributed by atoms with van der Waals surface area (Å²) >= 11 is 0. The fraction of sp³-hybridized carbons (Fsp3) is 0.154. The molecule has 2 aromatic carbocycles. The Morgan fingerprint density at radius 2 is 1.88 bits per heavy atom. The van der Waals surface area contributed by atoms with Gasteiger partial charge in [0, 0.05) is 18.4 Å². The number of benzene rings is 2. The molecule has 0 saturated carbocycles. The summed E-state index contributed by atoms with van der Waals surface area (Å²) in [5.74, 6) is 0. The third-order valence-electron chi connectivity index (χ3n) is 2.37. The predicted molar refractivity (Wildman–Crippen MR) is 65.8 cm³/mol. The van der Waals surface area contributed by atoms with Crippen LogP contribution in [0.1, 0.15) is 6.42 Å². The molecule has 0 amide bonds. The zero-order valence-corrected chi connectivity index (χ0v) is 8.90. The first-order valence-electron chi connectivity index (χ1n) is 5.25. The van der Waals surface area contributed by atoms with Crippen molar-refractivity contribution in [3.8, 4) is 6.07 Å². The number of fused-ring (bicyclic) bond motifs is 1. The van der Waals surface area contributed by atoms with E-state index in [1.807, 2.05) is 24.3 Å². The van der Waals surface area contributed by atoms with Gasteiger partial charge >= 0.3 is 0 Å². The summed E-state index contributed by atoms with van der Waals surface area (Å²) in [4.78, 5) is 0. The summed E-state index contributed by atoms with van der Waals surface area (Å²) in [5, 5.41) is 10.8. The van der Waals surface area contributed by atoms with Gasteiger partial charge in [-0.15, -0.1) is 0 Å². The highest BCUT2D eigenvalue weighted by molar-refractivity contribution is 5.93. The molecule has 0 spiro atoms. The second kappa shape index (κ2) is 5.15. The van der Waals surface area contributed by atoms with E-state index < -0.39 is 0 Å². The first kappa shape index (κ1) is 10.5. The Morgan fingerprint density at radius 1 is 1.06 bits per heavy atom. The lowest BCUT2D eigenvalue weighted by Crippen LogP contribution is -2.22. The van der Waals surface area contributed by atoms with Crippen molar-refractivity contribution in [2.45, 2.75) is 6.42 Å². The fourth-order valence-corrected chi connectivity index (χ4v) is 1.61. The van der Waals surface area contributed by atoms with Crippen molar-refractivity contribution in [2.75, 3.05) is 12.0 Å². The lowest BCUT2D eigenvalue weighted by atomic mass is 10.1. The van der Waals surface area contributed by atoms with E-state index in [-0.39, 0.29) is 0 Å². The summed E-state index contributed by atoms with van der Waals surface area (Å²) in [7, 11) is 0. The number of nitrogens with one attached hydrogen (secondary N) is 2. The molecule has 3 heteroatoms. The Kier molecular flexibility index (Phi) is 3.37. The summed E-state index contributed by atoms with van der Waals surface area (Å²) in [6, 6.07) is 16.4. The van der Waals surface area contributed by atoms with E-state index in [1.54, 1.807) is 0 Å². The maximum atomic E-state index is 8.42. The van der Waals surface area contributed by atoms with Crippen LogP contribution in [0.2, 0.25) is 0 Å². The van der Waals surface area contributed by atoms with Crippen molar-refractivity contribution < 1.29 is 0 Å². The molecule has 0 radical (unpaired) electrons. The van der Waals surface area contributed by atoms with E-state index in [4.69, 9.17) is 5.26 Å². The molecular formula is C13H13N3. The Hall–Kier alpha value is -2.05. The molecule has 0 aromatic heterocycles. The molecule has 80 valence electrons. The molecule has 0 fully saturated rings. The van der Waals surface area contributed by atoms with Crippen molar-refractivity contribution in [2.24, 2.45) is 0 Å². The van der Waals surface area contributed by atoms with Crippen LogP contribution in [0.4, 0.5) is 5.69 Å². The quantitative estimate of drug-likeness (QED) is 0.603. The van der Waals surface area contributed by atoms with Crippen molar-refractivity contribution in [1.82, 2.24) is 5.43 Å². The molecule has 0 atom stereocenters. The van der Waals surface area contributed by atoms with Crippen LogP contribution in [-0.4, -0.2) is 6.54 Å². The minimum Gasteiger partial charge on any atom is -0.321 e. The van der Waals surface area contributed by atoms with E-state index in [0.29, 0.717) is 13.0 Å². The molecule has 0 heterocycles. The third-order valence-corrected chi connectivity index (χ3v) is 2.37. The highest BCUT2D eigenvalue weighted by Crippen LogP contribution is 2.21. The molecule has 2 N–H and O–H groups in total. The van der Waals surface area contributed by atoms with E-state index in [9.17, 15) is 0 Å². The average Bonchev–Trinajstić information content (AvgIpc) is 2.35. The molecule has 2 rings (SSSR count). The van der Waals surface area contributed by atoms with Gasteiger partial charge in [-0.1, -0.05) is 36.4 Å². The summed E-state index contributed by atoms with van der Waals surface area (Å²) in [5.41, 5.74) is 7.18. The number of nitriles is 1. The second-order valence-corrected chi connectivity index (χ2v) is 3.49. The standard InChI is InChI=1S/C13H13N3/c14-9-4-10-15-16-13-8-3-6-11-5-1-2-7-12(11)13/h1-3,5-8,15-16H,4,10H2. The van der Waals surface area contributed by atoms with Gasteiger partial charge in [0.05, 0.1) is 11.8 Å². The summed E-state index contributed by atoms with van der Waals surface area (Å²) < 4.78 is 0. The SMILES string of the molecule is N#CCCNNc1cccc2ccccc12. The number of hydrogen-bond donors (Lipinski definition) is 2. The normalized spacial score (nSPS) is 9.94. The number of nitrogens with zero attached hydrogens (tertiary/aromatic N) is 1. The highest BCUT2D eigenvalue weighted by Gasteiger charge is 1.97. The van der Waals surface area contributed by atoms with Gasteiger partial charge in [0.15, 0.2) is 0 Å². The molecule has 2 aromatic rings. The van der Waals surface area contributed by atoms with Crippen molar-refractivity contribution >= 4 is 16.5 Å². The van der Waals surface area contributed by atoms with Gasteiger partial charge in [-0.2, -0.15) is 5.26 Å². The molecule has 3 nitrogen and oxygen atoms in total. The molecule has 16 heavy (non-hydrogen) atoms. The molecular weight excluding hydrogens is 198 g/mol. The fourth-order valence-electron chi connectivity index (χ4n) is 1.61. The van der Waals surface area contributed by atoms with Crippen molar-refractivity contribution in [3.05, 3.63) is 42.5 Å². The lowest BCUT2D eigenvalue weighted by molar-refractivity contribution is 0.800. The van der Waals surface area contributed by atoms with Crippen LogP contribution in [0.3, 0.4) is 0 Å². The Bertz CT molecular complexity index is 509. The van der Waals surface area contributed by atoms with Gasteiger partial charge in [0.25, 0.3) is 0 Å². The van der Waals surface area contributed by atoms with Gasteiger partial charge in [-0.25, -0.2) is 5.43 Å². The van der Waals surface area contributed by atoms with Gasteiger partial charge < -0.3 is 5.43 Å². The maximum Gasteiger partial charge on any atom is 0.0635 e. The molecule has 0 unspecified atom stereocenters. The average molecular weight is 211 g/mol. The molecule has 0 aliphatic heterocycles. The van der Waals surface area contributed by atoms with Gasteiger partial charge in [-0.3, -0.25) is 0 Å². The van der Waals surface area contributed by atoms with Crippen LogP contribution in [0.15, 0.2) is 42.5 Å². The predicted octanol–water partition coefficient (Wildman–Crippen LogP) is 2.67. The van der Waals surface area contributed by atoms with Gasteiger partial charge in [0.1, 0.15) is 0 Å². The third kappa shape index (κ3) is 2.30. The summed E-state index contributed by atoms with van der Waals surface area (Å²) in [6.07, 6.45) is 0.498. The topological polar surface area (TPSA) is 47.9 Å². The molecule has 0 bridgehead atoms. The van der Waals surface area contributed by atoms with Crippen LogP contribution in [0.25, 0.3) is 10.8 Å². The first-order valence-corrected chi connectivity index (χ1v) is 5.25. The van der Waals surface area contributed by atoms with E-state index in [2.05, 4.69) is 35.1 Å². The second-order valence-electron chi connectivity index (χ2n) is 3.49. The Labute approximate surface area is 94.7 Å². The monoisotopic (exact) mass is 211 g/mol. The highest BCUT2D eigenvalue weighted by atomic mass is 15.3. The van der Waals surface area contributed by atoms with E-state index in [1.165, 1.54) is 10.8 Å². The minimum absolute atomic E-state index is 0.498. The molecule has 0 saturated heterocycles. The first-order chi connectivity index (χ1) is 7.92. The van der Waals surface area contributed by atoms with Crippen LogP contribution in [0.5, 0.6) is 0 Å². The number of hydrazine groups is 1. The molecule has 0 aliphatic rings. The van der Waals surface area contributed by atoms with Crippen LogP contribution in [0, 0.1) is 11.3 Å². The van der Waals surface area contributed by atoms with Gasteiger partial charge in [0.2, 0.25) is 0 Å². The molecule has 0 aliphatic carbocycles. The smallest absolute Gasteiger partial charge is 0.0635 e. The van der Waals surface area contributed by atoms with E-state index in [0.717, 1.165) is 5.69 Å². The zero-order valence-electron chi connectivity index (χ0n) is 8.90. The summed E-state index contributed by atoms with van der Waals surface area (Å²) in [6.45, 7) is 0.639. The number of anilines is 1.